The van der Waals surface area contributed by atoms with Crippen LogP contribution in [0.15, 0.2) is 58.2 Å². The third-order valence-corrected chi connectivity index (χ3v) is 4.92. The fourth-order valence-electron chi connectivity index (χ4n) is 2.27. The van der Waals surface area contributed by atoms with Crippen molar-refractivity contribution in [3.8, 4) is 11.5 Å². The van der Waals surface area contributed by atoms with Crippen molar-refractivity contribution in [1.29, 1.82) is 0 Å². The van der Waals surface area contributed by atoms with E-state index in [4.69, 9.17) is 16.0 Å². The molecule has 134 valence electrons. The molecule has 3 rings (SSSR count). The number of aryl methyl sites for hydroxylation is 1. The third-order valence-electron chi connectivity index (χ3n) is 3.75. The van der Waals surface area contributed by atoms with Gasteiger partial charge in [-0.15, -0.1) is 10.2 Å². The second-order valence-electron chi connectivity index (χ2n) is 5.68. The Kier molecular flexibility index (Phi) is 5.96. The number of carbonyl (C=O) groups is 1. The number of rotatable bonds is 6. The molecule has 26 heavy (non-hydrogen) atoms. The van der Waals surface area contributed by atoms with Crippen LogP contribution in [0.25, 0.3) is 11.5 Å². The van der Waals surface area contributed by atoms with Crippen LogP contribution in [0.2, 0.25) is 5.02 Å². The SMILES string of the molecule is CCc1ccc(NC(=O)[C@@H](C)Sc2nnc(-c3cccc(Cl)c3)o2)cc1. The number of carbonyl (C=O) groups excluding carboxylic acids is 1. The van der Waals surface area contributed by atoms with E-state index in [0.29, 0.717) is 16.1 Å². The molecule has 0 spiro atoms. The number of anilines is 1. The van der Waals surface area contributed by atoms with E-state index in [1.807, 2.05) is 36.4 Å². The highest BCUT2D eigenvalue weighted by Crippen LogP contribution is 2.27. The van der Waals surface area contributed by atoms with Crippen LogP contribution < -0.4 is 5.32 Å². The van der Waals surface area contributed by atoms with Crippen LogP contribution >= 0.6 is 23.4 Å². The molecule has 0 unspecified atom stereocenters. The summed E-state index contributed by atoms with van der Waals surface area (Å²) < 4.78 is 5.63. The van der Waals surface area contributed by atoms with Crippen molar-refractivity contribution >= 4 is 35.0 Å². The molecule has 0 aliphatic rings. The largest absolute Gasteiger partial charge is 0.411 e. The van der Waals surface area contributed by atoms with Gasteiger partial charge in [0.25, 0.3) is 5.22 Å². The summed E-state index contributed by atoms with van der Waals surface area (Å²) in [6, 6.07) is 15.0. The molecule has 0 saturated heterocycles. The summed E-state index contributed by atoms with van der Waals surface area (Å²) in [6.07, 6.45) is 0.965. The van der Waals surface area contributed by atoms with Crippen molar-refractivity contribution in [1.82, 2.24) is 10.2 Å². The smallest absolute Gasteiger partial charge is 0.277 e. The van der Waals surface area contributed by atoms with Crippen LogP contribution in [0.3, 0.4) is 0 Å². The standard InChI is InChI=1S/C19H18ClN3O2S/c1-3-13-7-9-16(10-8-13)21-17(24)12(2)26-19-23-22-18(25-19)14-5-4-6-15(20)11-14/h4-12H,3H2,1-2H3,(H,21,24)/t12-/m1/s1. The van der Waals surface area contributed by atoms with Gasteiger partial charge in [-0.2, -0.15) is 0 Å². The lowest BCUT2D eigenvalue weighted by atomic mass is 10.1. The molecular formula is C19H18ClN3O2S. The first-order valence-corrected chi connectivity index (χ1v) is 9.47. The summed E-state index contributed by atoms with van der Waals surface area (Å²) in [5.74, 6) is 0.250. The van der Waals surface area contributed by atoms with Gasteiger partial charge in [-0.1, -0.05) is 48.5 Å². The Balaban J connectivity index is 1.62. The second kappa shape index (κ2) is 8.38. The summed E-state index contributed by atoms with van der Waals surface area (Å²) in [4.78, 5) is 12.4. The number of hydrogen-bond donors (Lipinski definition) is 1. The zero-order chi connectivity index (χ0) is 18.5. The molecule has 7 heteroatoms. The fourth-order valence-corrected chi connectivity index (χ4v) is 3.14. The normalized spacial score (nSPS) is 12.0. The first kappa shape index (κ1) is 18.5. The van der Waals surface area contributed by atoms with E-state index in [1.54, 1.807) is 19.1 Å². The lowest BCUT2D eigenvalue weighted by molar-refractivity contribution is -0.115. The molecule has 0 saturated carbocycles. The Hall–Kier alpha value is -2.31. The first-order valence-electron chi connectivity index (χ1n) is 8.21. The molecule has 0 fully saturated rings. The summed E-state index contributed by atoms with van der Waals surface area (Å²) in [5.41, 5.74) is 2.74. The number of amides is 1. The van der Waals surface area contributed by atoms with E-state index in [-0.39, 0.29) is 11.2 Å². The Labute approximate surface area is 161 Å². The van der Waals surface area contributed by atoms with Crippen molar-refractivity contribution < 1.29 is 9.21 Å². The maximum atomic E-state index is 12.4. The Morgan fingerprint density at radius 1 is 1.23 bits per heavy atom. The first-order chi connectivity index (χ1) is 12.5. The quantitative estimate of drug-likeness (QED) is 0.598. The number of nitrogens with zero attached hydrogens (tertiary/aromatic N) is 2. The molecular weight excluding hydrogens is 370 g/mol. The van der Waals surface area contributed by atoms with E-state index >= 15 is 0 Å². The van der Waals surface area contributed by atoms with Gasteiger partial charge < -0.3 is 9.73 Å². The minimum atomic E-state index is -0.381. The highest BCUT2D eigenvalue weighted by Gasteiger charge is 2.19. The van der Waals surface area contributed by atoms with Crippen LogP contribution in [-0.4, -0.2) is 21.4 Å². The monoisotopic (exact) mass is 387 g/mol. The van der Waals surface area contributed by atoms with Crippen LogP contribution in [0, 0.1) is 0 Å². The van der Waals surface area contributed by atoms with Gasteiger partial charge in [-0.3, -0.25) is 4.79 Å². The fraction of sp³-hybridized carbons (Fsp3) is 0.211. The predicted octanol–water partition coefficient (Wildman–Crippen LogP) is 5.07. The van der Waals surface area contributed by atoms with Crippen molar-refractivity contribution in [2.75, 3.05) is 5.32 Å². The van der Waals surface area contributed by atoms with E-state index < -0.39 is 0 Å². The molecule has 1 aromatic heterocycles. The molecule has 0 bridgehead atoms. The van der Waals surface area contributed by atoms with Crippen molar-refractivity contribution in [2.24, 2.45) is 0 Å². The van der Waals surface area contributed by atoms with Gasteiger partial charge in [0, 0.05) is 16.3 Å². The van der Waals surface area contributed by atoms with E-state index in [1.165, 1.54) is 17.3 Å². The minimum Gasteiger partial charge on any atom is -0.411 e. The number of hydrogen-bond acceptors (Lipinski definition) is 5. The van der Waals surface area contributed by atoms with Gasteiger partial charge >= 0.3 is 0 Å². The number of aromatic nitrogens is 2. The zero-order valence-electron chi connectivity index (χ0n) is 14.4. The molecule has 0 aliphatic carbocycles. The Morgan fingerprint density at radius 2 is 2.00 bits per heavy atom. The molecule has 5 nitrogen and oxygen atoms in total. The van der Waals surface area contributed by atoms with Gasteiger partial charge in [0.15, 0.2) is 0 Å². The van der Waals surface area contributed by atoms with Crippen LogP contribution in [0.5, 0.6) is 0 Å². The van der Waals surface area contributed by atoms with Gasteiger partial charge in [0.2, 0.25) is 11.8 Å². The maximum Gasteiger partial charge on any atom is 0.277 e. The van der Waals surface area contributed by atoms with Crippen LogP contribution in [0.4, 0.5) is 5.69 Å². The number of thioether (sulfide) groups is 1. The summed E-state index contributed by atoms with van der Waals surface area (Å²) >= 11 is 7.19. The molecule has 1 amide bonds. The highest BCUT2D eigenvalue weighted by molar-refractivity contribution is 8.00. The molecule has 0 aliphatic heterocycles. The molecule has 1 N–H and O–H groups in total. The van der Waals surface area contributed by atoms with Gasteiger partial charge in [0.1, 0.15) is 0 Å². The summed E-state index contributed by atoms with van der Waals surface area (Å²) in [7, 11) is 0. The van der Waals surface area contributed by atoms with Crippen LogP contribution in [0.1, 0.15) is 19.4 Å². The number of nitrogens with one attached hydrogen (secondary N) is 1. The van der Waals surface area contributed by atoms with E-state index in [9.17, 15) is 4.79 Å². The van der Waals surface area contributed by atoms with Crippen molar-refractivity contribution in [3.05, 3.63) is 59.1 Å². The third kappa shape index (κ3) is 4.65. The maximum absolute atomic E-state index is 12.4. The van der Waals surface area contributed by atoms with Crippen molar-refractivity contribution in [2.45, 2.75) is 30.7 Å². The molecule has 2 aromatic carbocycles. The Morgan fingerprint density at radius 3 is 2.69 bits per heavy atom. The van der Waals surface area contributed by atoms with Crippen molar-refractivity contribution in [3.63, 3.8) is 0 Å². The van der Waals surface area contributed by atoms with Crippen LogP contribution in [-0.2, 0) is 11.2 Å². The number of benzene rings is 2. The topological polar surface area (TPSA) is 68.0 Å². The average Bonchev–Trinajstić information content (AvgIpc) is 3.11. The highest BCUT2D eigenvalue weighted by atomic mass is 35.5. The summed E-state index contributed by atoms with van der Waals surface area (Å²) in [6.45, 7) is 3.89. The summed E-state index contributed by atoms with van der Waals surface area (Å²) in [5, 5.41) is 11.5. The molecule has 0 radical (unpaired) electrons. The average molecular weight is 388 g/mol. The zero-order valence-corrected chi connectivity index (χ0v) is 16.0. The molecule has 1 heterocycles. The minimum absolute atomic E-state index is 0.123. The lowest BCUT2D eigenvalue weighted by Crippen LogP contribution is -2.22. The number of halogens is 1. The molecule has 1 atom stereocenters. The second-order valence-corrected chi connectivity index (χ2v) is 7.41. The lowest BCUT2D eigenvalue weighted by Gasteiger charge is -2.10. The van der Waals surface area contributed by atoms with Gasteiger partial charge in [-0.25, -0.2) is 0 Å². The van der Waals surface area contributed by atoms with E-state index in [0.717, 1.165) is 17.7 Å². The van der Waals surface area contributed by atoms with E-state index in [2.05, 4.69) is 22.4 Å². The predicted molar refractivity (Wildman–Crippen MR) is 105 cm³/mol. The Bertz CT molecular complexity index is 896. The molecule has 3 aromatic rings. The van der Waals surface area contributed by atoms with Gasteiger partial charge in [0.05, 0.1) is 5.25 Å². The van der Waals surface area contributed by atoms with Gasteiger partial charge in [-0.05, 0) is 49.2 Å².